The molecule has 0 aliphatic heterocycles. The van der Waals surface area contributed by atoms with Gasteiger partial charge in [0, 0.05) is 18.5 Å². The molecule has 1 aromatic heterocycles. The van der Waals surface area contributed by atoms with Crippen molar-refractivity contribution in [1.82, 2.24) is 9.97 Å². The standard InChI is InChI=1S/C15H12Cl2N2O2/c16-11-4-1-8(5-12(11)17)6-13-18-7-10(15(20)21)14(19-13)9-2-3-9/h1,4-5,7,9H,2-3,6H2,(H,20,21). The third kappa shape index (κ3) is 3.17. The molecule has 1 fully saturated rings. The maximum Gasteiger partial charge on any atom is 0.339 e. The lowest BCUT2D eigenvalue weighted by Crippen LogP contribution is -2.08. The zero-order valence-electron chi connectivity index (χ0n) is 11.0. The molecule has 0 unspecified atom stereocenters. The maximum atomic E-state index is 11.2. The van der Waals surface area contributed by atoms with Gasteiger partial charge in [0.2, 0.25) is 0 Å². The second-order valence-electron chi connectivity index (χ2n) is 5.09. The first-order chi connectivity index (χ1) is 10.0. The van der Waals surface area contributed by atoms with Gasteiger partial charge in [-0.05, 0) is 30.5 Å². The fourth-order valence-electron chi connectivity index (χ4n) is 2.18. The van der Waals surface area contributed by atoms with Gasteiger partial charge < -0.3 is 5.11 Å². The first-order valence-electron chi connectivity index (χ1n) is 6.57. The van der Waals surface area contributed by atoms with E-state index in [9.17, 15) is 9.90 Å². The Morgan fingerprint density at radius 3 is 2.67 bits per heavy atom. The minimum Gasteiger partial charge on any atom is -0.478 e. The molecule has 1 saturated carbocycles. The largest absolute Gasteiger partial charge is 0.478 e. The Labute approximate surface area is 131 Å². The Hall–Kier alpha value is -1.65. The van der Waals surface area contributed by atoms with E-state index >= 15 is 0 Å². The predicted octanol–water partition coefficient (Wildman–Crippen LogP) is 3.95. The number of hydrogen-bond donors (Lipinski definition) is 1. The molecule has 1 aliphatic carbocycles. The van der Waals surface area contributed by atoms with Crippen LogP contribution in [0.1, 0.15) is 46.2 Å². The summed E-state index contributed by atoms with van der Waals surface area (Å²) in [7, 11) is 0. The summed E-state index contributed by atoms with van der Waals surface area (Å²) in [6.07, 6.45) is 3.87. The summed E-state index contributed by atoms with van der Waals surface area (Å²) in [6.45, 7) is 0. The minimum atomic E-state index is -0.974. The summed E-state index contributed by atoms with van der Waals surface area (Å²) >= 11 is 11.9. The number of carbonyl (C=O) groups is 1. The first-order valence-corrected chi connectivity index (χ1v) is 7.33. The van der Waals surface area contributed by atoms with Crippen LogP contribution in [0.15, 0.2) is 24.4 Å². The molecule has 4 nitrogen and oxygen atoms in total. The molecule has 1 heterocycles. The highest BCUT2D eigenvalue weighted by Crippen LogP contribution is 2.40. The van der Waals surface area contributed by atoms with Crippen molar-refractivity contribution in [3.8, 4) is 0 Å². The summed E-state index contributed by atoms with van der Waals surface area (Å²) in [5, 5.41) is 10.2. The highest BCUT2D eigenvalue weighted by Gasteiger charge is 2.30. The van der Waals surface area contributed by atoms with Crippen molar-refractivity contribution in [1.29, 1.82) is 0 Å². The van der Waals surface area contributed by atoms with E-state index in [0.29, 0.717) is 28.0 Å². The summed E-state index contributed by atoms with van der Waals surface area (Å²) < 4.78 is 0. The van der Waals surface area contributed by atoms with Crippen LogP contribution >= 0.6 is 23.2 Å². The van der Waals surface area contributed by atoms with E-state index < -0.39 is 5.97 Å². The number of carboxylic acid groups (broad SMARTS) is 1. The lowest BCUT2D eigenvalue weighted by Gasteiger charge is -2.07. The lowest BCUT2D eigenvalue weighted by atomic mass is 10.1. The van der Waals surface area contributed by atoms with Gasteiger partial charge in [0.15, 0.2) is 0 Å². The van der Waals surface area contributed by atoms with Crippen LogP contribution in [0.3, 0.4) is 0 Å². The number of rotatable bonds is 4. The fraction of sp³-hybridized carbons (Fsp3) is 0.267. The Bertz CT molecular complexity index is 715. The van der Waals surface area contributed by atoms with Gasteiger partial charge in [-0.1, -0.05) is 29.3 Å². The summed E-state index contributed by atoms with van der Waals surface area (Å²) in [5.41, 5.74) is 1.79. The highest BCUT2D eigenvalue weighted by atomic mass is 35.5. The molecular weight excluding hydrogens is 311 g/mol. The number of aromatic carboxylic acids is 1. The van der Waals surface area contributed by atoms with Gasteiger partial charge in [0.05, 0.1) is 21.3 Å². The molecule has 0 radical (unpaired) electrons. The first kappa shape index (κ1) is 14.3. The topological polar surface area (TPSA) is 63.1 Å². The number of halogens is 2. The van der Waals surface area contributed by atoms with Gasteiger partial charge in [0.25, 0.3) is 0 Å². The van der Waals surface area contributed by atoms with Crippen molar-refractivity contribution in [3.63, 3.8) is 0 Å². The van der Waals surface area contributed by atoms with Crippen molar-refractivity contribution in [3.05, 3.63) is 57.1 Å². The Morgan fingerprint density at radius 1 is 1.29 bits per heavy atom. The van der Waals surface area contributed by atoms with Gasteiger partial charge in [0.1, 0.15) is 5.82 Å². The van der Waals surface area contributed by atoms with Gasteiger partial charge in [-0.15, -0.1) is 0 Å². The third-order valence-electron chi connectivity index (χ3n) is 3.41. The van der Waals surface area contributed by atoms with Gasteiger partial charge in [-0.25, -0.2) is 14.8 Å². The van der Waals surface area contributed by atoms with Crippen LogP contribution in [0, 0.1) is 0 Å². The number of nitrogens with zero attached hydrogens (tertiary/aromatic N) is 2. The molecule has 0 atom stereocenters. The molecule has 0 spiro atoms. The van der Waals surface area contributed by atoms with Crippen LogP contribution in [-0.2, 0) is 6.42 Å². The second kappa shape index (κ2) is 5.62. The number of aromatic nitrogens is 2. The van der Waals surface area contributed by atoms with E-state index in [-0.39, 0.29) is 11.5 Å². The summed E-state index contributed by atoms with van der Waals surface area (Å²) in [6, 6.07) is 5.36. The molecule has 2 aromatic rings. The zero-order chi connectivity index (χ0) is 15.0. The normalized spacial score (nSPS) is 14.2. The Kier molecular flexibility index (Phi) is 3.83. The van der Waals surface area contributed by atoms with E-state index in [1.165, 1.54) is 6.20 Å². The number of hydrogen-bond acceptors (Lipinski definition) is 3. The van der Waals surface area contributed by atoms with Crippen molar-refractivity contribution < 1.29 is 9.90 Å². The van der Waals surface area contributed by atoms with Crippen molar-refractivity contribution >= 4 is 29.2 Å². The lowest BCUT2D eigenvalue weighted by molar-refractivity contribution is 0.0694. The average Bonchev–Trinajstić information content (AvgIpc) is 3.27. The quantitative estimate of drug-likeness (QED) is 0.925. The van der Waals surface area contributed by atoms with E-state index in [1.54, 1.807) is 12.1 Å². The molecule has 1 aliphatic rings. The molecule has 1 N–H and O–H groups in total. The number of carboxylic acids is 1. The SMILES string of the molecule is O=C(O)c1cnc(Cc2ccc(Cl)c(Cl)c2)nc1C1CC1. The maximum absolute atomic E-state index is 11.2. The van der Waals surface area contributed by atoms with Gasteiger partial charge in [-0.2, -0.15) is 0 Å². The van der Waals surface area contributed by atoms with Crippen LogP contribution in [-0.4, -0.2) is 21.0 Å². The summed E-state index contributed by atoms with van der Waals surface area (Å²) in [5.74, 6) is -0.120. The monoisotopic (exact) mass is 322 g/mol. The fourth-order valence-corrected chi connectivity index (χ4v) is 2.50. The van der Waals surface area contributed by atoms with Crippen LogP contribution < -0.4 is 0 Å². The molecule has 0 saturated heterocycles. The van der Waals surface area contributed by atoms with Crippen LogP contribution in [0.5, 0.6) is 0 Å². The van der Waals surface area contributed by atoms with E-state index in [1.807, 2.05) is 6.07 Å². The van der Waals surface area contributed by atoms with Crippen molar-refractivity contribution in [2.24, 2.45) is 0 Å². The molecule has 21 heavy (non-hydrogen) atoms. The third-order valence-corrected chi connectivity index (χ3v) is 4.15. The molecule has 6 heteroatoms. The molecule has 0 bridgehead atoms. The Balaban J connectivity index is 1.90. The average molecular weight is 323 g/mol. The van der Waals surface area contributed by atoms with Crippen LogP contribution in [0.4, 0.5) is 0 Å². The van der Waals surface area contributed by atoms with E-state index in [0.717, 1.165) is 18.4 Å². The van der Waals surface area contributed by atoms with Crippen molar-refractivity contribution in [2.75, 3.05) is 0 Å². The van der Waals surface area contributed by atoms with Crippen LogP contribution in [0.2, 0.25) is 10.0 Å². The zero-order valence-corrected chi connectivity index (χ0v) is 12.5. The predicted molar refractivity (Wildman–Crippen MR) is 80.2 cm³/mol. The molecule has 3 rings (SSSR count). The van der Waals surface area contributed by atoms with Gasteiger partial charge in [-0.3, -0.25) is 0 Å². The van der Waals surface area contributed by atoms with E-state index in [2.05, 4.69) is 9.97 Å². The smallest absolute Gasteiger partial charge is 0.339 e. The highest BCUT2D eigenvalue weighted by molar-refractivity contribution is 6.42. The Morgan fingerprint density at radius 2 is 2.05 bits per heavy atom. The molecule has 0 amide bonds. The van der Waals surface area contributed by atoms with Gasteiger partial charge >= 0.3 is 5.97 Å². The second-order valence-corrected chi connectivity index (χ2v) is 5.90. The minimum absolute atomic E-state index is 0.204. The number of benzene rings is 1. The summed E-state index contributed by atoms with van der Waals surface area (Å²) in [4.78, 5) is 19.8. The molecular formula is C15H12Cl2N2O2. The van der Waals surface area contributed by atoms with E-state index in [4.69, 9.17) is 23.2 Å². The van der Waals surface area contributed by atoms with Crippen LogP contribution in [0.25, 0.3) is 0 Å². The van der Waals surface area contributed by atoms with Crippen molar-refractivity contribution in [2.45, 2.75) is 25.2 Å². The molecule has 1 aromatic carbocycles. The molecule has 108 valence electrons.